The SMILES string of the molecule is CCOC(=O)c1cc(C2CC2)c2c(C)c(-c3cc4c(s3)SCCC4NC(=O)OC(C)(C)C)ccn2c1=O. The summed E-state index contributed by atoms with van der Waals surface area (Å²) in [5.41, 5.74) is 4.27. The number of hydrogen-bond donors (Lipinski definition) is 1. The number of nitrogens with one attached hydrogen (secondary N) is 1. The van der Waals surface area contributed by atoms with Crippen LogP contribution in [0.5, 0.6) is 0 Å². The largest absolute Gasteiger partial charge is 0.462 e. The van der Waals surface area contributed by atoms with Crippen LogP contribution in [0.3, 0.4) is 0 Å². The number of nitrogens with zero attached hydrogens (tertiary/aromatic N) is 1. The van der Waals surface area contributed by atoms with E-state index in [4.69, 9.17) is 9.47 Å². The molecule has 4 heterocycles. The number of carbonyl (C=O) groups is 2. The Morgan fingerprint density at radius 1 is 1.16 bits per heavy atom. The highest BCUT2D eigenvalue weighted by molar-refractivity contribution is 8.01. The van der Waals surface area contributed by atoms with Gasteiger partial charge in [-0.25, -0.2) is 9.59 Å². The molecule has 1 aliphatic heterocycles. The van der Waals surface area contributed by atoms with Gasteiger partial charge in [0.05, 0.1) is 22.4 Å². The number of aryl methyl sites for hydroxylation is 1. The number of thiophene rings is 1. The molecule has 0 aromatic carbocycles. The topological polar surface area (TPSA) is 86.1 Å². The molecule has 9 heteroatoms. The number of amides is 1. The van der Waals surface area contributed by atoms with Crippen molar-refractivity contribution < 1.29 is 19.1 Å². The van der Waals surface area contributed by atoms with Gasteiger partial charge in [-0.05, 0) is 100 Å². The van der Waals surface area contributed by atoms with Crippen molar-refractivity contribution in [1.29, 1.82) is 0 Å². The molecule has 196 valence electrons. The van der Waals surface area contributed by atoms with Crippen LogP contribution in [0.25, 0.3) is 16.0 Å². The third kappa shape index (κ3) is 5.16. The lowest BCUT2D eigenvalue weighted by Crippen LogP contribution is -2.35. The zero-order chi connectivity index (χ0) is 26.5. The van der Waals surface area contributed by atoms with E-state index in [-0.39, 0.29) is 23.8 Å². The summed E-state index contributed by atoms with van der Waals surface area (Å²) in [5.74, 6) is 0.686. The lowest BCUT2D eigenvalue weighted by molar-refractivity contribution is 0.0497. The van der Waals surface area contributed by atoms with E-state index >= 15 is 0 Å². The summed E-state index contributed by atoms with van der Waals surface area (Å²) in [6, 6.07) is 5.76. The zero-order valence-electron chi connectivity index (χ0n) is 21.8. The van der Waals surface area contributed by atoms with Gasteiger partial charge in [-0.1, -0.05) is 0 Å². The molecule has 0 bridgehead atoms. The van der Waals surface area contributed by atoms with Crippen molar-refractivity contribution in [3.8, 4) is 10.4 Å². The van der Waals surface area contributed by atoms with E-state index in [1.54, 1.807) is 34.9 Å². The van der Waals surface area contributed by atoms with Crippen LogP contribution < -0.4 is 10.9 Å². The van der Waals surface area contributed by atoms with Crippen molar-refractivity contribution in [3.63, 3.8) is 0 Å². The average Bonchev–Trinajstić information content (AvgIpc) is 3.57. The van der Waals surface area contributed by atoms with E-state index < -0.39 is 17.7 Å². The smallest absolute Gasteiger partial charge is 0.408 e. The number of fused-ring (bicyclic) bond motifs is 2. The first kappa shape index (κ1) is 25.9. The summed E-state index contributed by atoms with van der Waals surface area (Å²) < 4.78 is 13.4. The molecule has 2 aliphatic rings. The number of pyridine rings is 2. The molecule has 1 N–H and O–H groups in total. The molecular formula is C28H32N2O5S2. The molecule has 3 aromatic heterocycles. The molecule has 0 saturated heterocycles. The van der Waals surface area contributed by atoms with E-state index in [2.05, 4.69) is 11.4 Å². The van der Waals surface area contributed by atoms with Gasteiger partial charge < -0.3 is 14.8 Å². The van der Waals surface area contributed by atoms with E-state index in [1.165, 1.54) is 4.21 Å². The number of alkyl carbamates (subject to hydrolysis) is 1. The Balaban J connectivity index is 1.55. The molecular weight excluding hydrogens is 508 g/mol. The van der Waals surface area contributed by atoms with Crippen LogP contribution in [0.2, 0.25) is 0 Å². The first-order chi connectivity index (χ1) is 17.6. The molecule has 1 unspecified atom stereocenters. The second kappa shape index (κ2) is 9.83. The lowest BCUT2D eigenvalue weighted by Gasteiger charge is -2.26. The van der Waals surface area contributed by atoms with Crippen LogP contribution in [-0.4, -0.2) is 34.4 Å². The van der Waals surface area contributed by atoms with E-state index in [1.807, 2.05) is 45.5 Å². The third-order valence-electron chi connectivity index (χ3n) is 6.62. The Bertz CT molecular complexity index is 1450. The monoisotopic (exact) mass is 540 g/mol. The van der Waals surface area contributed by atoms with Crippen molar-refractivity contribution in [2.24, 2.45) is 0 Å². The van der Waals surface area contributed by atoms with Crippen LogP contribution in [-0.2, 0) is 9.47 Å². The van der Waals surface area contributed by atoms with Crippen molar-refractivity contribution in [2.45, 2.75) is 75.7 Å². The van der Waals surface area contributed by atoms with Gasteiger partial charge in [-0.15, -0.1) is 23.1 Å². The normalized spacial score (nSPS) is 17.4. The number of rotatable bonds is 5. The number of ether oxygens (including phenoxy) is 2. The highest BCUT2D eigenvalue weighted by atomic mass is 32.2. The van der Waals surface area contributed by atoms with Crippen LogP contribution in [0.4, 0.5) is 4.79 Å². The van der Waals surface area contributed by atoms with E-state index in [0.717, 1.165) is 57.7 Å². The summed E-state index contributed by atoms with van der Waals surface area (Å²) in [4.78, 5) is 39.3. The van der Waals surface area contributed by atoms with Crippen molar-refractivity contribution in [1.82, 2.24) is 9.72 Å². The lowest BCUT2D eigenvalue weighted by atomic mass is 9.99. The maximum atomic E-state index is 13.3. The van der Waals surface area contributed by atoms with Crippen LogP contribution >= 0.6 is 23.1 Å². The van der Waals surface area contributed by atoms with Crippen LogP contribution in [0.15, 0.2) is 33.4 Å². The fourth-order valence-corrected chi connectivity index (χ4v) is 7.52. The van der Waals surface area contributed by atoms with Crippen molar-refractivity contribution >= 4 is 40.7 Å². The van der Waals surface area contributed by atoms with Gasteiger partial charge in [-0.3, -0.25) is 9.20 Å². The Hall–Kier alpha value is -2.78. The maximum Gasteiger partial charge on any atom is 0.408 e. The summed E-state index contributed by atoms with van der Waals surface area (Å²) >= 11 is 3.52. The van der Waals surface area contributed by atoms with E-state index in [9.17, 15) is 14.4 Å². The molecule has 3 aromatic rings. The zero-order valence-corrected chi connectivity index (χ0v) is 23.4. The average molecular weight is 541 g/mol. The van der Waals surface area contributed by atoms with Gasteiger partial charge >= 0.3 is 12.1 Å². The molecule has 1 aliphatic carbocycles. The van der Waals surface area contributed by atoms with Gasteiger partial charge in [0.2, 0.25) is 0 Å². The summed E-state index contributed by atoms with van der Waals surface area (Å²) in [7, 11) is 0. The van der Waals surface area contributed by atoms with Gasteiger partial charge in [0.25, 0.3) is 5.56 Å². The fourth-order valence-electron chi connectivity index (χ4n) is 4.83. The minimum absolute atomic E-state index is 0.0902. The highest BCUT2D eigenvalue weighted by Gasteiger charge is 2.31. The fraction of sp³-hybridized carbons (Fsp3) is 0.464. The number of thioether (sulfide) groups is 1. The maximum absolute atomic E-state index is 13.3. The summed E-state index contributed by atoms with van der Waals surface area (Å²) in [6.07, 6.45) is 4.29. The standard InChI is InChI=1S/C28H32N2O5S2/c1-6-34-25(32)20-13-18(16-7-8-16)23-15(2)17(9-11-30(23)24(20)31)22-14-19-21(10-12-36-26(19)37-22)29-27(33)35-28(3,4)5/h9,11,13-14,16,21H,6-8,10,12H2,1-5H3,(H,29,33). The number of aromatic nitrogens is 1. The molecule has 0 radical (unpaired) electrons. The van der Waals surface area contributed by atoms with Gasteiger partial charge in [-0.2, -0.15) is 0 Å². The Morgan fingerprint density at radius 2 is 1.92 bits per heavy atom. The Labute approximate surface area is 224 Å². The minimum Gasteiger partial charge on any atom is -0.462 e. The molecule has 1 saturated carbocycles. The Morgan fingerprint density at radius 3 is 2.59 bits per heavy atom. The molecule has 7 nitrogen and oxygen atoms in total. The van der Waals surface area contributed by atoms with E-state index in [0.29, 0.717) is 5.92 Å². The van der Waals surface area contributed by atoms with Crippen molar-refractivity contribution in [2.75, 3.05) is 12.4 Å². The second-order valence-corrected chi connectivity index (χ2v) is 13.0. The quantitative estimate of drug-likeness (QED) is 0.374. The van der Waals surface area contributed by atoms with Crippen LogP contribution in [0, 0.1) is 6.92 Å². The third-order valence-corrected chi connectivity index (χ3v) is 9.14. The molecule has 5 rings (SSSR count). The van der Waals surface area contributed by atoms with Gasteiger partial charge in [0.15, 0.2) is 0 Å². The van der Waals surface area contributed by atoms with Crippen molar-refractivity contribution in [3.05, 3.63) is 57.0 Å². The van der Waals surface area contributed by atoms with Gasteiger partial charge in [0, 0.05) is 16.8 Å². The second-order valence-electron chi connectivity index (χ2n) is 10.6. The highest BCUT2D eigenvalue weighted by Crippen LogP contribution is 2.47. The molecule has 1 atom stereocenters. The predicted molar refractivity (Wildman–Crippen MR) is 147 cm³/mol. The first-order valence-electron chi connectivity index (χ1n) is 12.7. The first-order valence-corrected chi connectivity index (χ1v) is 14.5. The van der Waals surface area contributed by atoms with Crippen LogP contribution in [0.1, 0.15) is 86.0 Å². The minimum atomic E-state index is -0.572. The molecule has 37 heavy (non-hydrogen) atoms. The molecule has 0 spiro atoms. The van der Waals surface area contributed by atoms with Gasteiger partial charge in [0.1, 0.15) is 11.2 Å². The summed E-state index contributed by atoms with van der Waals surface area (Å²) in [5, 5.41) is 3.05. The number of carbonyl (C=O) groups excluding carboxylic acids is 2. The Kier molecular flexibility index (Phi) is 6.87. The number of esters is 1. The molecule has 1 fully saturated rings. The molecule has 1 amide bonds. The number of hydrogen-bond acceptors (Lipinski definition) is 7. The predicted octanol–water partition coefficient (Wildman–Crippen LogP) is 6.45. The summed E-state index contributed by atoms with van der Waals surface area (Å²) in [6.45, 7) is 9.58.